The first-order chi connectivity index (χ1) is 13.2. The second kappa shape index (κ2) is 9.34. The van der Waals surface area contributed by atoms with Crippen LogP contribution in [-0.2, 0) is 14.8 Å². The van der Waals surface area contributed by atoms with Crippen molar-refractivity contribution in [2.24, 2.45) is 5.73 Å². The van der Waals surface area contributed by atoms with Gasteiger partial charge in [0, 0.05) is 17.3 Å². The van der Waals surface area contributed by atoms with Crippen molar-refractivity contribution in [3.05, 3.63) is 54.1 Å². The Balaban J connectivity index is 1.90. The highest BCUT2D eigenvalue weighted by atomic mass is 32.2. The molecule has 2 rings (SSSR count). The summed E-state index contributed by atoms with van der Waals surface area (Å²) in [5.41, 5.74) is 5.99. The lowest BCUT2D eigenvalue weighted by Gasteiger charge is -2.12. The van der Waals surface area contributed by atoms with Gasteiger partial charge < -0.3 is 15.8 Å². The molecule has 0 spiro atoms. The first kappa shape index (κ1) is 21.4. The van der Waals surface area contributed by atoms with Crippen LogP contribution >= 0.6 is 0 Å². The van der Waals surface area contributed by atoms with Gasteiger partial charge in [0.1, 0.15) is 5.75 Å². The van der Waals surface area contributed by atoms with E-state index in [4.69, 9.17) is 10.5 Å². The second-order valence-electron chi connectivity index (χ2n) is 6.18. The van der Waals surface area contributed by atoms with E-state index in [0.29, 0.717) is 23.4 Å². The van der Waals surface area contributed by atoms with E-state index in [1.807, 2.05) is 6.92 Å². The molecule has 0 unspecified atom stereocenters. The number of sulfonamides is 1. The predicted octanol–water partition coefficient (Wildman–Crippen LogP) is 1.88. The lowest BCUT2D eigenvalue weighted by molar-refractivity contribution is -0.118. The highest BCUT2D eigenvalue weighted by molar-refractivity contribution is 7.89. The summed E-state index contributed by atoms with van der Waals surface area (Å²) in [5, 5.41) is 2.62. The Kier molecular flexibility index (Phi) is 7.13. The van der Waals surface area contributed by atoms with Crippen LogP contribution in [0.2, 0.25) is 0 Å². The average Bonchev–Trinajstić information content (AvgIpc) is 2.66. The molecule has 0 saturated carbocycles. The number of nitrogens with one attached hydrogen (secondary N) is 2. The minimum absolute atomic E-state index is 0.124. The van der Waals surface area contributed by atoms with Gasteiger partial charge in [0.05, 0.1) is 4.90 Å². The number of hydrogen-bond acceptors (Lipinski definition) is 5. The van der Waals surface area contributed by atoms with Crippen LogP contribution in [0.3, 0.4) is 0 Å². The summed E-state index contributed by atoms with van der Waals surface area (Å²) in [6.45, 7) is 3.42. The summed E-state index contributed by atoms with van der Waals surface area (Å²) in [5.74, 6) is -0.588. The van der Waals surface area contributed by atoms with Crippen LogP contribution < -0.4 is 20.5 Å². The molecular weight excluding hydrogens is 382 g/mol. The van der Waals surface area contributed by atoms with Gasteiger partial charge in [0.2, 0.25) is 15.9 Å². The molecule has 0 aliphatic carbocycles. The Labute approximate surface area is 164 Å². The zero-order valence-electron chi connectivity index (χ0n) is 15.6. The van der Waals surface area contributed by atoms with Gasteiger partial charge in [-0.3, -0.25) is 9.59 Å². The number of amides is 2. The van der Waals surface area contributed by atoms with Gasteiger partial charge in [-0.1, -0.05) is 6.92 Å². The van der Waals surface area contributed by atoms with Gasteiger partial charge in [0.25, 0.3) is 5.91 Å². The highest BCUT2D eigenvalue weighted by Crippen LogP contribution is 2.17. The third-order valence-electron chi connectivity index (χ3n) is 3.93. The molecule has 0 saturated heterocycles. The van der Waals surface area contributed by atoms with Crippen molar-refractivity contribution in [1.82, 2.24) is 4.72 Å². The number of benzene rings is 2. The topological polar surface area (TPSA) is 128 Å². The van der Waals surface area contributed by atoms with E-state index in [0.717, 1.165) is 0 Å². The Bertz CT molecular complexity index is 925. The first-order valence-electron chi connectivity index (χ1n) is 8.66. The van der Waals surface area contributed by atoms with Crippen molar-refractivity contribution in [2.45, 2.75) is 31.2 Å². The van der Waals surface area contributed by atoms with Crippen molar-refractivity contribution >= 4 is 27.5 Å². The van der Waals surface area contributed by atoms with Crippen molar-refractivity contribution < 1.29 is 22.7 Å². The normalized spacial score (nSPS) is 12.2. The fourth-order valence-corrected chi connectivity index (χ4v) is 3.52. The first-order valence-corrected chi connectivity index (χ1v) is 10.1. The summed E-state index contributed by atoms with van der Waals surface area (Å²) >= 11 is 0. The maximum atomic E-state index is 12.2. The Hall–Kier alpha value is -2.91. The van der Waals surface area contributed by atoms with Crippen molar-refractivity contribution in [2.75, 3.05) is 11.9 Å². The minimum Gasteiger partial charge on any atom is -0.484 e. The standard InChI is InChI=1S/C19H23N3O5S/c1-3-13(2)22-28(25,26)17-10-8-16(9-11-17)27-12-18(23)21-15-6-4-14(5-7-15)19(20)24/h4-11,13,22H,3,12H2,1-2H3,(H2,20,24)(H,21,23)/t13-/m0/s1. The molecule has 9 heteroatoms. The minimum atomic E-state index is -3.59. The van der Waals surface area contributed by atoms with Gasteiger partial charge in [-0.05, 0) is 61.9 Å². The smallest absolute Gasteiger partial charge is 0.262 e. The quantitative estimate of drug-likeness (QED) is 0.587. The molecule has 0 aliphatic rings. The third kappa shape index (κ3) is 6.07. The summed E-state index contributed by atoms with van der Waals surface area (Å²) in [7, 11) is -3.59. The molecule has 2 aromatic carbocycles. The van der Waals surface area contributed by atoms with Crippen LogP contribution in [0.1, 0.15) is 30.6 Å². The van der Waals surface area contributed by atoms with Gasteiger partial charge >= 0.3 is 0 Å². The molecule has 2 aromatic rings. The maximum Gasteiger partial charge on any atom is 0.262 e. The zero-order valence-corrected chi connectivity index (χ0v) is 16.5. The monoisotopic (exact) mass is 405 g/mol. The lowest BCUT2D eigenvalue weighted by atomic mass is 10.2. The van der Waals surface area contributed by atoms with Gasteiger partial charge in [0.15, 0.2) is 6.61 Å². The largest absolute Gasteiger partial charge is 0.484 e. The van der Waals surface area contributed by atoms with Crippen LogP contribution in [-0.4, -0.2) is 32.9 Å². The van der Waals surface area contributed by atoms with Crippen LogP contribution in [0.25, 0.3) is 0 Å². The number of rotatable bonds is 9. The predicted molar refractivity (Wildman–Crippen MR) is 106 cm³/mol. The van der Waals surface area contributed by atoms with E-state index in [1.54, 1.807) is 19.1 Å². The van der Waals surface area contributed by atoms with Gasteiger partial charge in [-0.2, -0.15) is 0 Å². The number of primary amides is 1. The number of hydrogen-bond donors (Lipinski definition) is 3. The van der Waals surface area contributed by atoms with Gasteiger partial charge in [-0.15, -0.1) is 0 Å². The number of anilines is 1. The van der Waals surface area contributed by atoms with E-state index in [2.05, 4.69) is 10.0 Å². The number of nitrogens with two attached hydrogens (primary N) is 1. The molecule has 0 aromatic heterocycles. The Morgan fingerprint density at radius 3 is 2.21 bits per heavy atom. The van der Waals surface area contributed by atoms with Crippen molar-refractivity contribution in [3.63, 3.8) is 0 Å². The second-order valence-corrected chi connectivity index (χ2v) is 7.89. The van der Waals surface area contributed by atoms with Crippen LogP contribution in [0.4, 0.5) is 5.69 Å². The zero-order chi connectivity index (χ0) is 20.7. The molecule has 8 nitrogen and oxygen atoms in total. The molecule has 0 aliphatic heterocycles. The van der Waals surface area contributed by atoms with E-state index >= 15 is 0 Å². The molecule has 150 valence electrons. The van der Waals surface area contributed by atoms with Crippen molar-refractivity contribution in [3.8, 4) is 5.75 Å². The molecular formula is C19H23N3O5S. The molecule has 28 heavy (non-hydrogen) atoms. The third-order valence-corrected chi connectivity index (χ3v) is 5.53. The maximum absolute atomic E-state index is 12.2. The van der Waals surface area contributed by atoms with Crippen LogP contribution in [0.5, 0.6) is 5.75 Å². The molecule has 2 amide bonds. The summed E-state index contributed by atoms with van der Waals surface area (Å²) in [6, 6.07) is 11.8. The number of carbonyl (C=O) groups excluding carboxylic acids is 2. The SMILES string of the molecule is CC[C@H](C)NS(=O)(=O)c1ccc(OCC(=O)Nc2ccc(C(N)=O)cc2)cc1. The molecule has 4 N–H and O–H groups in total. The summed E-state index contributed by atoms with van der Waals surface area (Å²) < 4.78 is 32.3. The Morgan fingerprint density at radius 1 is 1.07 bits per heavy atom. The molecule has 0 fully saturated rings. The fourth-order valence-electron chi connectivity index (χ4n) is 2.20. The molecule has 0 heterocycles. The van der Waals surface area contributed by atoms with E-state index in [9.17, 15) is 18.0 Å². The average molecular weight is 405 g/mol. The van der Waals surface area contributed by atoms with Crippen LogP contribution in [0, 0.1) is 0 Å². The van der Waals surface area contributed by atoms with Crippen LogP contribution in [0.15, 0.2) is 53.4 Å². The van der Waals surface area contributed by atoms with E-state index in [-0.39, 0.29) is 17.5 Å². The number of ether oxygens (including phenoxy) is 1. The summed E-state index contributed by atoms with van der Waals surface area (Å²) in [4.78, 5) is 23.1. The fraction of sp³-hybridized carbons (Fsp3) is 0.263. The lowest BCUT2D eigenvalue weighted by Crippen LogP contribution is -2.31. The molecule has 0 radical (unpaired) electrons. The summed E-state index contributed by atoms with van der Waals surface area (Å²) in [6.07, 6.45) is 0.681. The molecule has 0 bridgehead atoms. The highest BCUT2D eigenvalue weighted by Gasteiger charge is 2.16. The van der Waals surface area contributed by atoms with E-state index < -0.39 is 21.8 Å². The number of carbonyl (C=O) groups is 2. The van der Waals surface area contributed by atoms with Gasteiger partial charge in [-0.25, -0.2) is 13.1 Å². The van der Waals surface area contributed by atoms with Crippen molar-refractivity contribution in [1.29, 1.82) is 0 Å². The van der Waals surface area contributed by atoms with E-state index in [1.165, 1.54) is 36.4 Å². The Morgan fingerprint density at radius 2 is 1.68 bits per heavy atom. The molecule has 1 atom stereocenters.